The molecule has 3 aromatic heterocycles. The Morgan fingerprint density at radius 2 is 0.912 bits per heavy atom. The fourth-order valence-corrected chi connectivity index (χ4v) is 8.09. The SMILES string of the molecule is CC(C)(CC(=O)O)C(=O)Nc1nc(-c2ccccc2)c(C#N)s1.CC(CC(=O)O)C(=O)Nc1nc(-c2ccccc2)c(C#N)s1.C[C@@H](CCC(=O)O)C(=O)Nc1nc(-c2ccccc2)c(C#N)s1. The van der Waals surface area contributed by atoms with Crippen molar-refractivity contribution < 1.29 is 44.1 Å². The maximum atomic E-state index is 12.2. The number of rotatable bonds is 16. The zero-order valence-electron chi connectivity index (χ0n) is 36.8. The number of nitrogens with zero attached hydrogens (tertiary/aromatic N) is 6. The zero-order chi connectivity index (χ0) is 50.0. The third-order valence-electron chi connectivity index (χ3n) is 9.38. The minimum Gasteiger partial charge on any atom is -0.481 e. The Labute approximate surface area is 402 Å². The van der Waals surface area contributed by atoms with E-state index in [4.69, 9.17) is 15.3 Å². The van der Waals surface area contributed by atoms with Gasteiger partial charge in [0.1, 0.15) is 49.9 Å². The van der Waals surface area contributed by atoms with E-state index in [1.54, 1.807) is 20.8 Å². The molecule has 0 spiro atoms. The molecular formula is C47H43N9O9S3. The van der Waals surface area contributed by atoms with E-state index >= 15 is 0 Å². The first-order chi connectivity index (χ1) is 32.3. The molecule has 68 heavy (non-hydrogen) atoms. The van der Waals surface area contributed by atoms with E-state index in [0.29, 0.717) is 36.8 Å². The molecular weight excluding hydrogens is 931 g/mol. The second-order valence-corrected chi connectivity index (χ2v) is 18.2. The van der Waals surface area contributed by atoms with Crippen molar-refractivity contribution in [1.29, 1.82) is 15.8 Å². The lowest BCUT2D eigenvalue weighted by Gasteiger charge is -2.20. The molecule has 0 fully saturated rings. The molecule has 348 valence electrons. The number of carbonyl (C=O) groups excluding carboxylic acids is 3. The predicted molar refractivity (Wildman–Crippen MR) is 256 cm³/mol. The van der Waals surface area contributed by atoms with Gasteiger partial charge in [-0.05, 0) is 6.42 Å². The van der Waals surface area contributed by atoms with Gasteiger partial charge in [0.2, 0.25) is 17.7 Å². The van der Waals surface area contributed by atoms with Crippen LogP contribution >= 0.6 is 34.0 Å². The molecule has 3 aromatic carbocycles. The van der Waals surface area contributed by atoms with Gasteiger partial charge in [0, 0.05) is 34.9 Å². The molecule has 18 nitrogen and oxygen atoms in total. The Morgan fingerprint density at radius 3 is 1.24 bits per heavy atom. The van der Waals surface area contributed by atoms with Crippen LogP contribution in [-0.4, -0.2) is 65.9 Å². The van der Waals surface area contributed by atoms with Gasteiger partial charge in [0.15, 0.2) is 15.4 Å². The lowest BCUT2D eigenvalue weighted by molar-refractivity contribution is -0.142. The third kappa shape index (κ3) is 15.5. The molecule has 1 unspecified atom stereocenters. The first kappa shape index (κ1) is 52.5. The zero-order valence-corrected chi connectivity index (χ0v) is 39.3. The first-order valence-electron chi connectivity index (χ1n) is 20.3. The molecule has 3 heterocycles. The standard InChI is InChI=1S/2C16H15N3O3S.C15H13N3O3S/c1-16(2,8-12(20)21)14(22)19-15-18-13(11(9-17)23-15)10-6-4-3-5-7-10;1-10(7-8-13(20)21)15(22)19-16-18-14(12(9-17)23-16)11-5-3-2-4-6-11;1-9(7-12(19)20)14(21)18-15-17-13(11(8-16)22-15)10-5-3-2-4-6-10/h3-7H,8H2,1-2H3,(H,20,21)(H,18,19,22);2-6,10H,7-8H2,1H3,(H,20,21)(H,18,19,22);2-6,9H,7H2,1H3,(H,19,20)(H,17,18,21)/t;10-;/m.0./s1. The van der Waals surface area contributed by atoms with Crippen LogP contribution in [0.5, 0.6) is 0 Å². The number of carboxylic acids is 3. The molecule has 6 aromatic rings. The monoisotopic (exact) mass is 973 g/mol. The summed E-state index contributed by atoms with van der Waals surface area (Å²) in [5.74, 6) is -5.32. The number of carbonyl (C=O) groups is 6. The van der Waals surface area contributed by atoms with Gasteiger partial charge in [-0.3, -0.25) is 28.8 Å². The topological polar surface area (TPSA) is 309 Å². The second kappa shape index (κ2) is 24.9. The van der Waals surface area contributed by atoms with E-state index in [1.165, 1.54) is 6.92 Å². The number of anilines is 3. The van der Waals surface area contributed by atoms with E-state index in [1.807, 2.05) is 91.0 Å². The lowest BCUT2D eigenvalue weighted by Crippen LogP contribution is -2.32. The minimum atomic E-state index is -1.07. The highest BCUT2D eigenvalue weighted by Gasteiger charge is 2.31. The normalized spacial score (nSPS) is 11.2. The number of hydrogen-bond donors (Lipinski definition) is 6. The average Bonchev–Trinajstić information content (AvgIpc) is 4.05. The van der Waals surface area contributed by atoms with Gasteiger partial charge in [0.25, 0.3) is 0 Å². The van der Waals surface area contributed by atoms with E-state index in [-0.39, 0.29) is 41.9 Å². The summed E-state index contributed by atoms with van der Waals surface area (Å²) in [6.45, 7) is 6.29. The van der Waals surface area contributed by atoms with Crippen molar-refractivity contribution in [3.05, 3.63) is 106 Å². The molecule has 2 atom stereocenters. The number of nitrogens with one attached hydrogen (secondary N) is 3. The molecule has 0 radical (unpaired) electrons. The Balaban J connectivity index is 0.000000222. The largest absolute Gasteiger partial charge is 0.481 e. The number of thiazole rings is 3. The molecule has 0 aliphatic rings. The molecule has 0 bridgehead atoms. The van der Waals surface area contributed by atoms with Crippen LogP contribution < -0.4 is 16.0 Å². The van der Waals surface area contributed by atoms with Gasteiger partial charge in [-0.1, -0.05) is 153 Å². The van der Waals surface area contributed by atoms with Crippen LogP contribution in [0.2, 0.25) is 0 Å². The van der Waals surface area contributed by atoms with Crippen LogP contribution in [0.25, 0.3) is 33.8 Å². The smallest absolute Gasteiger partial charge is 0.304 e. The van der Waals surface area contributed by atoms with Crippen molar-refractivity contribution in [3.8, 4) is 52.0 Å². The summed E-state index contributed by atoms with van der Waals surface area (Å²) in [6.07, 6.45) is -0.358. The molecule has 21 heteroatoms. The number of nitriles is 3. The fourth-order valence-electron chi connectivity index (χ4n) is 5.73. The maximum absolute atomic E-state index is 12.2. The lowest BCUT2D eigenvalue weighted by atomic mass is 9.88. The van der Waals surface area contributed by atoms with Gasteiger partial charge in [0.05, 0.1) is 18.3 Å². The molecule has 6 N–H and O–H groups in total. The minimum absolute atomic E-state index is 0.0643. The predicted octanol–water partition coefficient (Wildman–Crippen LogP) is 8.97. The van der Waals surface area contributed by atoms with Crippen LogP contribution in [0.3, 0.4) is 0 Å². The number of benzene rings is 3. The molecule has 0 saturated carbocycles. The van der Waals surface area contributed by atoms with E-state index in [0.717, 1.165) is 50.7 Å². The van der Waals surface area contributed by atoms with Crippen molar-refractivity contribution in [3.63, 3.8) is 0 Å². The summed E-state index contributed by atoms with van der Waals surface area (Å²) in [5.41, 5.74) is 2.85. The van der Waals surface area contributed by atoms with Crippen LogP contribution in [0.1, 0.15) is 68.0 Å². The van der Waals surface area contributed by atoms with E-state index in [9.17, 15) is 44.6 Å². The van der Waals surface area contributed by atoms with Gasteiger partial charge >= 0.3 is 17.9 Å². The average molecular weight is 974 g/mol. The highest BCUT2D eigenvalue weighted by atomic mass is 32.1. The Kier molecular flexibility index (Phi) is 19.2. The Morgan fingerprint density at radius 1 is 0.559 bits per heavy atom. The summed E-state index contributed by atoms with van der Waals surface area (Å²) in [5, 5.41) is 62.6. The van der Waals surface area contributed by atoms with Crippen molar-refractivity contribution in [2.75, 3.05) is 16.0 Å². The first-order valence-corrected chi connectivity index (χ1v) is 22.8. The summed E-state index contributed by atoms with van der Waals surface area (Å²) < 4.78 is 0. The number of amides is 3. The highest BCUT2D eigenvalue weighted by Crippen LogP contribution is 2.34. The van der Waals surface area contributed by atoms with Crippen LogP contribution in [0, 0.1) is 51.2 Å². The summed E-state index contributed by atoms with van der Waals surface area (Å²) >= 11 is 3.24. The summed E-state index contributed by atoms with van der Waals surface area (Å²) in [7, 11) is 0. The molecule has 0 saturated heterocycles. The number of aromatic nitrogens is 3. The van der Waals surface area contributed by atoms with Crippen LogP contribution in [0.4, 0.5) is 15.4 Å². The number of aliphatic carboxylic acids is 3. The van der Waals surface area contributed by atoms with Gasteiger partial charge < -0.3 is 31.3 Å². The molecule has 6 rings (SSSR count). The quantitative estimate of drug-likeness (QED) is 0.0527. The van der Waals surface area contributed by atoms with Crippen molar-refractivity contribution in [1.82, 2.24) is 15.0 Å². The Hall–Kier alpha value is -8.16. The van der Waals surface area contributed by atoms with Crippen LogP contribution in [-0.2, 0) is 28.8 Å². The maximum Gasteiger partial charge on any atom is 0.304 e. The van der Waals surface area contributed by atoms with E-state index < -0.39 is 47.0 Å². The number of hydrogen-bond acceptors (Lipinski definition) is 15. The van der Waals surface area contributed by atoms with Crippen LogP contribution in [0.15, 0.2) is 91.0 Å². The Bertz CT molecular complexity index is 2880. The molecule has 3 amide bonds. The van der Waals surface area contributed by atoms with Crippen molar-refractivity contribution in [2.24, 2.45) is 17.3 Å². The second-order valence-electron chi connectivity index (χ2n) is 15.2. The summed E-state index contributed by atoms with van der Waals surface area (Å²) in [4.78, 5) is 82.3. The van der Waals surface area contributed by atoms with Crippen molar-refractivity contribution >= 4 is 85.0 Å². The summed E-state index contributed by atoms with van der Waals surface area (Å²) in [6, 6.07) is 33.9. The number of carboxylic acid groups (broad SMARTS) is 3. The molecule has 0 aliphatic carbocycles. The van der Waals surface area contributed by atoms with Crippen molar-refractivity contribution in [2.45, 2.75) is 53.4 Å². The molecule has 0 aliphatic heterocycles. The fraction of sp³-hybridized carbons (Fsp3) is 0.234. The van der Waals surface area contributed by atoms with Gasteiger partial charge in [-0.25, -0.2) is 15.0 Å². The van der Waals surface area contributed by atoms with Gasteiger partial charge in [-0.2, -0.15) is 15.8 Å². The van der Waals surface area contributed by atoms with Gasteiger partial charge in [-0.15, -0.1) is 0 Å². The third-order valence-corrected chi connectivity index (χ3v) is 12.0. The van der Waals surface area contributed by atoms with E-state index in [2.05, 4.69) is 49.1 Å². The highest BCUT2D eigenvalue weighted by molar-refractivity contribution is 7.17.